The van der Waals surface area contributed by atoms with Crippen molar-refractivity contribution in [3.8, 4) is 0 Å². The summed E-state index contributed by atoms with van der Waals surface area (Å²) < 4.78 is 2.14. The predicted molar refractivity (Wildman–Crippen MR) is 80.0 cm³/mol. The zero-order chi connectivity index (χ0) is 14.2. The number of likely N-dealkylation sites (N-methyl/N-ethyl adjacent to an activating group) is 1. The van der Waals surface area contributed by atoms with Crippen LogP contribution >= 0.6 is 0 Å². The van der Waals surface area contributed by atoms with E-state index in [0.29, 0.717) is 6.54 Å². The Labute approximate surface area is 114 Å². The van der Waals surface area contributed by atoms with Crippen molar-refractivity contribution in [1.82, 2.24) is 9.88 Å². The summed E-state index contributed by atoms with van der Waals surface area (Å²) in [5.41, 5.74) is 5.61. The lowest BCUT2D eigenvalue weighted by molar-refractivity contribution is 0.0992. The monoisotopic (exact) mass is 258 g/mol. The van der Waals surface area contributed by atoms with Gasteiger partial charge in [-0.15, -0.1) is 0 Å². The van der Waals surface area contributed by atoms with Crippen LogP contribution in [0, 0.1) is 20.8 Å². The number of Topliss-reactive ketones (excluding diaryl/α,β-unsaturated/α-hetero) is 1. The molecule has 2 rings (SSSR count). The van der Waals surface area contributed by atoms with Crippen LogP contribution in [0.5, 0.6) is 0 Å². The van der Waals surface area contributed by atoms with Crippen LogP contribution in [0.1, 0.15) is 34.1 Å². The average molecular weight is 258 g/mol. The number of benzene rings is 1. The van der Waals surface area contributed by atoms with Gasteiger partial charge in [-0.1, -0.05) is 19.1 Å². The molecule has 3 nitrogen and oxygen atoms in total. The number of rotatable bonds is 4. The Morgan fingerprint density at radius 2 is 1.95 bits per heavy atom. The molecule has 0 fully saturated rings. The van der Waals surface area contributed by atoms with E-state index in [9.17, 15) is 4.79 Å². The fraction of sp³-hybridized carbons (Fsp3) is 0.438. The Hall–Kier alpha value is -1.61. The van der Waals surface area contributed by atoms with E-state index in [4.69, 9.17) is 0 Å². The first-order valence-corrected chi connectivity index (χ1v) is 6.78. The SMILES string of the molecule is CCNCC(=O)c1c(C)n(C)c2c(C)c(C)ccc12. The maximum atomic E-state index is 12.4. The van der Waals surface area contributed by atoms with Gasteiger partial charge >= 0.3 is 0 Å². The van der Waals surface area contributed by atoms with Gasteiger partial charge in [0, 0.05) is 23.7 Å². The standard InChI is InChI=1S/C16H22N2O/c1-6-17-9-14(19)15-12(4)18(5)16-11(3)10(2)7-8-13(15)16/h7-8,17H,6,9H2,1-5H3. The molecule has 0 saturated heterocycles. The van der Waals surface area contributed by atoms with E-state index in [2.05, 4.69) is 35.9 Å². The molecule has 0 aliphatic heterocycles. The highest BCUT2D eigenvalue weighted by Crippen LogP contribution is 2.29. The molecule has 0 spiro atoms. The summed E-state index contributed by atoms with van der Waals surface area (Å²) in [7, 11) is 2.04. The quantitative estimate of drug-likeness (QED) is 0.856. The minimum absolute atomic E-state index is 0.174. The zero-order valence-electron chi connectivity index (χ0n) is 12.4. The Balaban J connectivity index is 2.66. The van der Waals surface area contributed by atoms with E-state index in [1.165, 1.54) is 16.6 Å². The second-order valence-corrected chi connectivity index (χ2v) is 5.13. The summed E-state index contributed by atoms with van der Waals surface area (Å²) >= 11 is 0. The molecule has 0 atom stereocenters. The van der Waals surface area contributed by atoms with E-state index >= 15 is 0 Å². The van der Waals surface area contributed by atoms with E-state index < -0.39 is 0 Å². The van der Waals surface area contributed by atoms with E-state index in [-0.39, 0.29) is 5.78 Å². The summed E-state index contributed by atoms with van der Waals surface area (Å²) in [6.07, 6.45) is 0. The van der Waals surface area contributed by atoms with Gasteiger partial charge in [-0.3, -0.25) is 4.79 Å². The topological polar surface area (TPSA) is 34.0 Å². The largest absolute Gasteiger partial charge is 0.347 e. The summed E-state index contributed by atoms with van der Waals surface area (Å²) in [5, 5.41) is 4.19. The minimum atomic E-state index is 0.174. The van der Waals surface area contributed by atoms with Crippen LogP contribution in [-0.2, 0) is 7.05 Å². The van der Waals surface area contributed by atoms with Crippen molar-refractivity contribution < 1.29 is 4.79 Å². The maximum Gasteiger partial charge on any atom is 0.179 e. The molecule has 1 N–H and O–H groups in total. The van der Waals surface area contributed by atoms with Crippen LogP contribution in [0.3, 0.4) is 0 Å². The maximum absolute atomic E-state index is 12.4. The summed E-state index contributed by atoms with van der Waals surface area (Å²) in [6, 6.07) is 4.17. The van der Waals surface area contributed by atoms with Gasteiger partial charge in [0.25, 0.3) is 0 Å². The molecule has 1 aromatic carbocycles. The van der Waals surface area contributed by atoms with Crippen molar-refractivity contribution in [3.05, 3.63) is 34.5 Å². The van der Waals surface area contributed by atoms with Crippen molar-refractivity contribution >= 4 is 16.7 Å². The molecule has 0 radical (unpaired) electrons. The number of ketones is 1. The number of fused-ring (bicyclic) bond motifs is 1. The molecular weight excluding hydrogens is 236 g/mol. The first kappa shape index (κ1) is 13.8. The highest BCUT2D eigenvalue weighted by atomic mass is 16.1. The van der Waals surface area contributed by atoms with Gasteiger partial charge in [0.2, 0.25) is 0 Å². The fourth-order valence-electron chi connectivity index (χ4n) is 2.64. The van der Waals surface area contributed by atoms with Gasteiger partial charge in [-0.25, -0.2) is 0 Å². The number of nitrogens with one attached hydrogen (secondary N) is 1. The van der Waals surface area contributed by atoms with Crippen LogP contribution in [0.25, 0.3) is 10.9 Å². The van der Waals surface area contributed by atoms with Crippen molar-refractivity contribution in [2.45, 2.75) is 27.7 Å². The van der Waals surface area contributed by atoms with E-state index in [1.807, 2.05) is 20.9 Å². The van der Waals surface area contributed by atoms with Gasteiger partial charge in [-0.05, 0) is 38.4 Å². The molecule has 0 saturated carbocycles. The molecule has 19 heavy (non-hydrogen) atoms. The number of aryl methyl sites for hydroxylation is 3. The average Bonchev–Trinajstić information content (AvgIpc) is 2.64. The Kier molecular flexibility index (Phi) is 3.76. The van der Waals surface area contributed by atoms with Gasteiger partial charge in [-0.2, -0.15) is 0 Å². The first-order chi connectivity index (χ1) is 8.99. The number of nitrogens with zero attached hydrogens (tertiary/aromatic N) is 1. The molecule has 0 amide bonds. The molecule has 0 bridgehead atoms. The molecule has 1 aromatic heterocycles. The molecule has 0 unspecified atom stereocenters. The van der Waals surface area contributed by atoms with E-state index in [0.717, 1.165) is 23.2 Å². The first-order valence-electron chi connectivity index (χ1n) is 6.78. The summed E-state index contributed by atoms with van der Waals surface area (Å²) in [4.78, 5) is 12.4. The summed E-state index contributed by atoms with van der Waals surface area (Å²) in [5.74, 6) is 0.174. The smallest absolute Gasteiger partial charge is 0.179 e. The second-order valence-electron chi connectivity index (χ2n) is 5.13. The Morgan fingerprint density at radius 3 is 2.58 bits per heavy atom. The van der Waals surface area contributed by atoms with E-state index in [1.54, 1.807) is 0 Å². The van der Waals surface area contributed by atoms with Gasteiger partial charge in [0.05, 0.1) is 12.1 Å². The lowest BCUT2D eigenvalue weighted by Gasteiger charge is -2.05. The van der Waals surface area contributed by atoms with Crippen molar-refractivity contribution in [1.29, 1.82) is 0 Å². The number of carbonyl (C=O) groups is 1. The number of carbonyl (C=O) groups excluding carboxylic acids is 1. The highest BCUT2D eigenvalue weighted by Gasteiger charge is 2.19. The number of aromatic nitrogens is 1. The fourth-order valence-corrected chi connectivity index (χ4v) is 2.64. The normalized spacial score (nSPS) is 11.2. The zero-order valence-corrected chi connectivity index (χ0v) is 12.4. The third-order valence-corrected chi connectivity index (χ3v) is 3.99. The van der Waals surface area contributed by atoms with Crippen LogP contribution in [0.4, 0.5) is 0 Å². The predicted octanol–water partition coefficient (Wildman–Crippen LogP) is 2.90. The highest BCUT2D eigenvalue weighted by molar-refractivity contribution is 6.11. The molecule has 1 heterocycles. The molecule has 102 valence electrons. The molecule has 0 aliphatic carbocycles. The lowest BCUT2D eigenvalue weighted by Crippen LogP contribution is -2.23. The number of hydrogen-bond acceptors (Lipinski definition) is 2. The van der Waals surface area contributed by atoms with Crippen LogP contribution < -0.4 is 5.32 Å². The lowest BCUT2D eigenvalue weighted by atomic mass is 10.0. The Morgan fingerprint density at radius 1 is 1.26 bits per heavy atom. The number of hydrogen-bond donors (Lipinski definition) is 1. The Bertz CT molecular complexity index is 638. The molecule has 0 aliphatic rings. The van der Waals surface area contributed by atoms with Crippen molar-refractivity contribution in [3.63, 3.8) is 0 Å². The van der Waals surface area contributed by atoms with Gasteiger partial charge in [0.1, 0.15) is 0 Å². The van der Waals surface area contributed by atoms with Crippen LogP contribution in [-0.4, -0.2) is 23.4 Å². The molecule has 2 aromatic rings. The van der Waals surface area contributed by atoms with Gasteiger partial charge in [0.15, 0.2) is 5.78 Å². The van der Waals surface area contributed by atoms with Crippen molar-refractivity contribution in [2.75, 3.05) is 13.1 Å². The molecule has 3 heteroatoms. The van der Waals surface area contributed by atoms with Crippen LogP contribution in [0.15, 0.2) is 12.1 Å². The second kappa shape index (κ2) is 5.17. The molecular formula is C16H22N2O. The minimum Gasteiger partial charge on any atom is -0.347 e. The third kappa shape index (κ3) is 2.19. The van der Waals surface area contributed by atoms with Crippen molar-refractivity contribution in [2.24, 2.45) is 7.05 Å². The van der Waals surface area contributed by atoms with Crippen LogP contribution in [0.2, 0.25) is 0 Å². The van der Waals surface area contributed by atoms with Gasteiger partial charge < -0.3 is 9.88 Å². The third-order valence-electron chi connectivity index (χ3n) is 3.99. The summed E-state index contributed by atoms with van der Waals surface area (Å²) in [6.45, 7) is 9.48.